The highest BCUT2D eigenvalue weighted by Crippen LogP contribution is 2.21. The molecular formula is C14H10ClN3O. The van der Waals surface area contributed by atoms with Crippen LogP contribution in [0.3, 0.4) is 0 Å². The highest BCUT2D eigenvalue weighted by Gasteiger charge is 2.12. The van der Waals surface area contributed by atoms with Gasteiger partial charge < -0.3 is 11.1 Å². The van der Waals surface area contributed by atoms with E-state index >= 15 is 0 Å². The summed E-state index contributed by atoms with van der Waals surface area (Å²) in [6.45, 7) is 0. The van der Waals surface area contributed by atoms with E-state index in [4.69, 9.17) is 22.6 Å². The molecule has 0 spiro atoms. The Morgan fingerprint density at radius 1 is 1.26 bits per heavy atom. The first-order valence-electron chi connectivity index (χ1n) is 5.47. The van der Waals surface area contributed by atoms with Crippen molar-refractivity contribution in [3.63, 3.8) is 0 Å². The third-order valence-corrected chi connectivity index (χ3v) is 2.86. The number of carbonyl (C=O) groups excluding carboxylic acids is 1. The Kier molecular flexibility index (Phi) is 3.69. The van der Waals surface area contributed by atoms with Crippen molar-refractivity contribution in [3.05, 3.63) is 58.6 Å². The lowest BCUT2D eigenvalue weighted by Gasteiger charge is -2.08. The van der Waals surface area contributed by atoms with Crippen molar-refractivity contribution < 1.29 is 4.79 Å². The average molecular weight is 272 g/mol. The van der Waals surface area contributed by atoms with Crippen molar-refractivity contribution in [2.24, 2.45) is 0 Å². The summed E-state index contributed by atoms with van der Waals surface area (Å²) in [5.41, 5.74) is 7.17. The molecule has 0 unspecified atom stereocenters. The number of nitrogens with one attached hydrogen (secondary N) is 1. The number of nitriles is 1. The zero-order valence-corrected chi connectivity index (χ0v) is 10.6. The minimum atomic E-state index is -0.403. The fraction of sp³-hybridized carbons (Fsp3) is 0. The second-order valence-electron chi connectivity index (χ2n) is 3.85. The summed E-state index contributed by atoms with van der Waals surface area (Å²) in [5, 5.41) is 11.9. The molecule has 0 saturated carbocycles. The summed E-state index contributed by atoms with van der Waals surface area (Å²) in [7, 11) is 0. The molecule has 0 heterocycles. The topological polar surface area (TPSA) is 78.9 Å². The third-order valence-electron chi connectivity index (χ3n) is 2.53. The number of nitrogens with two attached hydrogens (primary N) is 1. The lowest BCUT2D eigenvalue weighted by Crippen LogP contribution is -2.13. The van der Waals surface area contributed by atoms with Gasteiger partial charge in [0, 0.05) is 5.69 Å². The first kappa shape index (κ1) is 12.9. The molecule has 3 N–H and O–H groups in total. The number of rotatable bonds is 2. The molecule has 0 fully saturated rings. The van der Waals surface area contributed by atoms with Crippen molar-refractivity contribution in [1.82, 2.24) is 0 Å². The van der Waals surface area contributed by atoms with E-state index in [1.165, 1.54) is 6.07 Å². The van der Waals surface area contributed by atoms with Crippen LogP contribution in [0.25, 0.3) is 0 Å². The Morgan fingerprint density at radius 3 is 2.74 bits per heavy atom. The molecule has 2 aromatic carbocycles. The van der Waals surface area contributed by atoms with Crippen LogP contribution in [-0.2, 0) is 0 Å². The Bertz CT molecular complexity index is 677. The van der Waals surface area contributed by atoms with E-state index in [9.17, 15) is 4.79 Å². The van der Waals surface area contributed by atoms with Gasteiger partial charge in [-0.2, -0.15) is 5.26 Å². The lowest BCUT2D eigenvalue weighted by atomic mass is 10.1. The standard InChI is InChI=1S/C14H10ClN3O/c15-12-6-5-10(17)7-11(12)14(19)18-13-4-2-1-3-9(13)8-16/h1-7H,17H2,(H,18,19). The molecule has 0 saturated heterocycles. The smallest absolute Gasteiger partial charge is 0.257 e. The summed E-state index contributed by atoms with van der Waals surface area (Å²) in [4.78, 5) is 12.1. The van der Waals surface area contributed by atoms with Gasteiger partial charge in [-0.25, -0.2) is 0 Å². The fourth-order valence-corrected chi connectivity index (χ4v) is 1.80. The molecule has 0 aliphatic heterocycles. The molecule has 2 rings (SSSR count). The van der Waals surface area contributed by atoms with Crippen molar-refractivity contribution in [2.75, 3.05) is 11.1 Å². The predicted octanol–water partition coefficient (Wildman–Crippen LogP) is 3.05. The molecule has 5 heteroatoms. The van der Waals surface area contributed by atoms with Crippen LogP contribution in [0, 0.1) is 11.3 Å². The summed E-state index contributed by atoms with van der Waals surface area (Å²) < 4.78 is 0. The van der Waals surface area contributed by atoms with Crippen molar-refractivity contribution in [1.29, 1.82) is 5.26 Å². The number of nitrogen functional groups attached to an aromatic ring is 1. The normalized spacial score (nSPS) is 9.68. The van der Waals surface area contributed by atoms with Gasteiger partial charge in [0.1, 0.15) is 6.07 Å². The number of carbonyl (C=O) groups is 1. The molecular weight excluding hydrogens is 262 g/mol. The van der Waals surface area contributed by atoms with Gasteiger partial charge >= 0.3 is 0 Å². The molecule has 19 heavy (non-hydrogen) atoms. The van der Waals surface area contributed by atoms with Gasteiger partial charge in [0.2, 0.25) is 0 Å². The SMILES string of the molecule is N#Cc1ccccc1NC(=O)c1cc(N)ccc1Cl. The lowest BCUT2D eigenvalue weighted by molar-refractivity contribution is 0.102. The van der Waals surface area contributed by atoms with Crippen LogP contribution < -0.4 is 11.1 Å². The second-order valence-corrected chi connectivity index (χ2v) is 4.26. The number of hydrogen-bond donors (Lipinski definition) is 2. The van der Waals surface area contributed by atoms with Crippen LogP contribution in [-0.4, -0.2) is 5.91 Å². The monoisotopic (exact) mass is 271 g/mol. The molecule has 94 valence electrons. The van der Waals surface area contributed by atoms with Crippen molar-refractivity contribution >= 4 is 28.9 Å². The van der Waals surface area contributed by atoms with E-state index in [0.717, 1.165) is 0 Å². The summed E-state index contributed by atoms with van der Waals surface area (Å²) in [6.07, 6.45) is 0. The molecule has 4 nitrogen and oxygen atoms in total. The molecule has 0 atom stereocenters. The van der Waals surface area contributed by atoms with E-state index in [1.807, 2.05) is 6.07 Å². The summed E-state index contributed by atoms with van der Waals surface area (Å²) >= 11 is 5.95. The zero-order valence-electron chi connectivity index (χ0n) is 9.85. The quantitative estimate of drug-likeness (QED) is 0.824. The fourth-order valence-electron chi connectivity index (χ4n) is 1.60. The number of benzene rings is 2. The van der Waals surface area contributed by atoms with Crippen LogP contribution in [0.1, 0.15) is 15.9 Å². The maximum Gasteiger partial charge on any atom is 0.257 e. The highest BCUT2D eigenvalue weighted by atomic mass is 35.5. The number of para-hydroxylation sites is 1. The van der Waals surface area contributed by atoms with E-state index in [-0.39, 0.29) is 5.56 Å². The predicted molar refractivity (Wildman–Crippen MR) is 75.0 cm³/mol. The van der Waals surface area contributed by atoms with Crippen LogP contribution in [0.4, 0.5) is 11.4 Å². The summed E-state index contributed by atoms with van der Waals surface area (Å²) in [6, 6.07) is 13.4. The molecule has 2 aromatic rings. The Morgan fingerprint density at radius 2 is 2.00 bits per heavy atom. The molecule has 0 bridgehead atoms. The van der Waals surface area contributed by atoms with Crippen LogP contribution in [0.2, 0.25) is 5.02 Å². The Hall–Kier alpha value is -2.51. The minimum absolute atomic E-state index is 0.273. The highest BCUT2D eigenvalue weighted by molar-refractivity contribution is 6.34. The molecule has 0 aliphatic rings. The number of amides is 1. The van der Waals surface area contributed by atoms with Gasteiger partial charge in [-0.3, -0.25) is 4.79 Å². The molecule has 0 aromatic heterocycles. The van der Waals surface area contributed by atoms with Gasteiger partial charge in [-0.1, -0.05) is 23.7 Å². The van der Waals surface area contributed by atoms with E-state index in [0.29, 0.717) is 22.0 Å². The van der Waals surface area contributed by atoms with Gasteiger partial charge in [0.15, 0.2) is 0 Å². The third kappa shape index (κ3) is 2.84. The number of anilines is 2. The average Bonchev–Trinajstić information content (AvgIpc) is 2.42. The zero-order chi connectivity index (χ0) is 13.8. The van der Waals surface area contributed by atoms with Gasteiger partial charge in [-0.05, 0) is 30.3 Å². The van der Waals surface area contributed by atoms with E-state index in [1.54, 1.807) is 36.4 Å². The largest absolute Gasteiger partial charge is 0.399 e. The van der Waals surface area contributed by atoms with Crippen molar-refractivity contribution in [2.45, 2.75) is 0 Å². The number of hydrogen-bond acceptors (Lipinski definition) is 3. The van der Waals surface area contributed by atoms with E-state index in [2.05, 4.69) is 5.32 Å². The maximum absolute atomic E-state index is 12.1. The van der Waals surface area contributed by atoms with E-state index < -0.39 is 5.91 Å². The van der Waals surface area contributed by atoms with Crippen molar-refractivity contribution in [3.8, 4) is 6.07 Å². The first-order valence-corrected chi connectivity index (χ1v) is 5.85. The number of halogens is 1. The Labute approximate surface area is 115 Å². The molecule has 0 aliphatic carbocycles. The van der Waals surface area contributed by atoms with Crippen LogP contribution in [0.5, 0.6) is 0 Å². The molecule has 1 amide bonds. The van der Waals surface area contributed by atoms with Gasteiger partial charge in [0.25, 0.3) is 5.91 Å². The second kappa shape index (κ2) is 5.42. The van der Waals surface area contributed by atoms with Crippen LogP contribution >= 0.6 is 11.6 Å². The van der Waals surface area contributed by atoms with Crippen LogP contribution in [0.15, 0.2) is 42.5 Å². The number of nitrogens with zero attached hydrogens (tertiary/aromatic N) is 1. The molecule has 0 radical (unpaired) electrons. The minimum Gasteiger partial charge on any atom is -0.399 e. The first-order chi connectivity index (χ1) is 9.11. The van der Waals surface area contributed by atoms with Gasteiger partial charge in [0.05, 0.1) is 21.8 Å². The maximum atomic E-state index is 12.1. The van der Waals surface area contributed by atoms with Gasteiger partial charge in [-0.15, -0.1) is 0 Å². The Balaban J connectivity index is 2.31. The summed E-state index contributed by atoms with van der Waals surface area (Å²) in [5.74, 6) is -0.403.